The van der Waals surface area contributed by atoms with Crippen LogP contribution in [0.25, 0.3) is 0 Å². The number of hydrogen-bond acceptors (Lipinski definition) is 5. The minimum absolute atomic E-state index is 0.0740. The third kappa shape index (κ3) is 4.52. The first kappa shape index (κ1) is 18.4. The molecular weight excluding hydrogens is 331 g/mol. The number of carbonyl (C=O) groups is 1. The number of likely N-dealkylation sites (N-methyl/N-ethyl adjacent to an activating group) is 1. The van der Waals surface area contributed by atoms with Crippen LogP contribution in [0.3, 0.4) is 0 Å². The summed E-state index contributed by atoms with van der Waals surface area (Å²) in [4.78, 5) is 24.2. The number of ether oxygens (including phenoxy) is 1. The monoisotopic (exact) mass is 350 g/mol. The Morgan fingerprint density at radius 1 is 1.36 bits per heavy atom. The molecule has 0 aliphatic rings. The van der Waals surface area contributed by atoms with Crippen molar-refractivity contribution in [1.29, 1.82) is 0 Å². The molecule has 25 heavy (non-hydrogen) atoms. The van der Waals surface area contributed by atoms with Crippen molar-refractivity contribution in [2.75, 3.05) is 20.2 Å². The summed E-state index contributed by atoms with van der Waals surface area (Å²) in [6.45, 7) is 3.56. The summed E-state index contributed by atoms with van der Waals surface area (Å²) in [7, 11) is 1.61. The van der Waals surface area contributed by atoms with Crippen LogP contribution >= 0.6 is 0 Å². The number of rotatable bonds is 7. The SMILES string of the molecule is Cc1nn(CC(=O)N(C)CCOc2ccc(F)cc2)c(C)c1[N+](=O)[O-]. The van der Waals surface area contributed by atoms with Crippen LogP contribution in [0, 0.1) is 29.8 Å². The van der Waals surface area contributed by atoms with Gasteiger partial charge in [-0.25, -0.2) is 4.39 Å². The van der Waals surface area contributed by atoms with E-state index in [-0.39, 0.29) is 36.3 Å². The quantitative estimate of drug-likeness (QED) is 0.563. The second-order valence-electron chi connectivity index (χ2n) is 5.55. The topological polar surface area (TPSA) is 90.5 Å². The number of nitrogens with zero attached hydrogens (tertiary/aromatic N) is 4. The zero-order valence-electron chi connectivity index (χ0n) is 14.2. The molecule has 0 atom stereocenters. The fraction of sp³-hybridized carbons (Fsp3) is 0.375. The van der Waals surface area contributed by atoms with Crippen LogP contribution in [0.1, 0.15) is 11.4 Å². The lowest BCUT2D eigenvalue weighted by Crippen LogP contribution is -2.34. The Bertz CT molecular complexity index is 773. The van der Waals surface area contributed by atoms with Gasteiger partial charge in [0.2, 0.25) is 5.91 Å². The summed E-state index contributed by atoms with van der Waals surface area (Å²) in [5.41, 5.74) is 0.541. The molecule has 134 valence electrons. The lowest BCUT2D eigenvalue weighted by Gasteiger charge is -2.17. The van der Waals surface area contributed by atoms with Gasteiger partial charge in [0.1, 0.15) is 36.1 Å². The van der Waals surface area contributed by atoms with Crippen molar-refractivity contribution in [3.05, 3.63) is 51.6 Å². The molecule has 1 aromatic carbocycles. The zero-order valence-corrected chi connectivity index (χ0v) is 14.2. The summed E-state index contributed by atoms with van der Waals surface area (Å²) in [6.07, 6.45) is 0. The maximum absolute atomic E-state index is 12.8. The Morgan fingerprint density at radius 2 is 2.00 bits per heavy atom. The van der Waals surface area contributed by atoms with Crippen molar-refractivity contribution in [2.24, 2.45) is 0 Å². The standard InChI is InChI=1S/C16H19FN4O4/c1-11-16(21(23)24)12(2)20(18-11)10-15(22)19(3)8-9-25-14-6-4-13(17)5-7-14/h4-7H,8-10H2,1-3H3. The van der Waals surface area contributed by atoms with Crippen molar-refractivity contribution in [2.45, 2.75) is 20.4 Å². The molecule has 0 spiro atoms. The molecule has 0 fully saturated rings. The number of halogens is 1. The first-order valence-electron chi connectivity index (χ1n) is 7.60. The molecule has 1 heterocycles. The zero-order chi connectivity index (χ0) is 18.6. The van der Waals surface area contributed by atoms with Crippen molar-refractivity contribution in [3.8, 4) is 5.75 Å². The Morgan fingerprint density at radius 3 is 2.56 bits per heavy atom. The predicted molar refractivity (Wildman–Crippen MR) is 87.9 cm³/mol. The smallest absolute Gasteiger partial charge is 0.312 e. The van der Waals surface area contributed by atoms with E-state index in [9.17, 15) is 19.3 Å². The maximum Gasteiger partial charge on any atom is 0.312 e. The van der Waals surface area contributed by atoms with Gasteiger partial charge in [-0.1, -0.05) is 0 Å². The molecule has 8 nitrogen and oxygen atoms in total. The molecule has 0 saturated carbocycles. The third-order valence-corrected chi connectivity index (χ3v) is 3.75. The number of nitro groups is 1. The van der Waals surface area contributed by atoms with Gasteiger partial charge in [-0.05, 0) is 38.1 Å². The van der Waals surface area contributed by atoms with Crippen LogP contribution in [-0.2, 0) is 11.3 Å². The lowest BCUT2D eigenvalue weighted by atomic mass is 10.3. The third-order valence-electron chi connectivity index (χ3n) is 3.75. The van der Waals surface area contributed by atoms with Crippen LogP contribution in [0.5, 0.6) is 5.75 Å². The minimum Gasteiger partial charge on any atom is -0.492 e. The van der Waals surface area contributed by atoms with Gasteiger partial charge in [0.05, 0.1) is 11.5 Å². The van der Waals surface area contributed by atoms with E-state index in [1.165, 1.54) is 40.8 Å². The van der Waals surface area contributed by atoms with E-state index < -0.39 is 4.92 Å². The molecule has 0 unspecified atom stereocenters. The molecule has 0 bridgehead atoms. The number of benzene rings is 1. The van der Waals surface area contributed by atoms with Gasteiger partial charge in [-0.3, -0.25) is 19.6 Å². The highest BCUT2D eigenvalue weighted by Crippen LogP contribution is 2.21. The summed E-state index contributed by atoms with van der Waals surface area (Å²) in [5.74, 6) is -0.0850. The molecule has 1 amide bonds. The van der Waals surface area contributed by atoms with Gasteiger partial charge in [-0.15, -0.1) is 0 Å². The molecule has 0 saturated heterocycles. The molecule has 0 aliphatic carbocycles. The summed E-state index contributed by atoms with van der Waals surface area (Å²) in [6, 6.07) is 5.60. The Hall–Kier alpha value is -2.97. The Kier molecular flexibility index (Phi) is 5.68. The van der Waals surface area contributed by atoms with E-state index in [1.54, 1.807) is 14.0 Å². The van der Waals surface area contributed by atoms with E-state index in [0.29, 0.717) is 18.0 Å². The molecular formula is C16H19FN4O4. The Balaban J connectivity index is 1.89. The second kappa shape index (κ2) is 7.73. The number of carbonyl (C=O) groups excluding carboxylic acids is 1. The molecule has 9 heteroatoms. The average molecular weight is 350 g/mol. The number of hydrogen-bond donors (Lipinski definition) is 0. The van der Waals surface area contributed by atoms with Gasteiger partial charge < -0.3 is 9.64 Å². The predicted octanol–water partition coefficient (Wildman–Crippen LogP) is 2.08. The van der Waals surface area contributed by atoms with Crippen molar-refractivity contribution in [1.82, 2.24) is 14.7 Å². The van der Waals surface area contributed by atoms with Gasteiger partial charge >= 0.3 is 5.69 Å². The van der Waals surface area contributed by atoms with Crippen LogP contribution < -0.4 is 4.74 Å². The van der Waals surface area contributed by atoms with Gasteiger partial charge in [-0.2, -0.15) is 5.10 Å². The van der Waals surface area contributed by atoms with Gasteiger partial charge in [0.15, 0.2) is 0 Å². The molecule has 2 rings (SSSR count). The first-order chi connectivity index (χ1) is 11.8. The highest BCUT2D eigenvalue weighted by atomic mass is 19.1. The van der Waals surface area contributed by atoms with Crippen molar-refractivity contribution < 1.29 is 18.8 Å². The van der Waals surface area contributed by atoms with Gasteiger partial charge in [0.25, 0.3) is 0 Å². The maximum atomic E-state index is 12.8. The summed E-state index contributed by atoms with van der Waals surface area (Å²) < 4.78 is 19.6. The van der Waals surface area contributed by atoms with E-state index in [1.807, 2.05) is 0 Å². The molecule has 0 aliphatic heterocycles. The highest BCUT2D eigenvalue weighted by molar-refractivity contribution is 5.75. The van der Waals surface area contributed by atoms with E-state index in [2.05, 4.69) is 5.10 Å². The summed E-state index contributed by atoms with van der Waals surface area (Å²) >= 11 is 0. The highest BCUT2D eigenvalue weighted by Gasteiger charge is 2.23. The number of aryl methyl sites for hydroxylation is 1. The molecule has 0 N–H and O–H groups in total. The largest absolute Gasteiger partial charge is 0.492 e. The fourth-order valence-electron chi connectivity index (χ4n) is 2.31. The van der Waals surface area contributed by atoms with Crippen LogP contribution in [-0.4, -0.2) is 45.7 Å². The lowest BCUT2D eigenvalue weighted by molar-refractivity contribution is -0.386. The summed E-state index contributed by atoms with van der Waals surface area (Å²) in [5, 5.41) is 15.0. The first-order valence-corrected chi connectivity index (χ1v) is 7.60. The van der Waals surface area contributed by atoms with Crippen LogP contribution in [0.4, 0.5) is 10.1 Å². The molecule has 1 aromatic heterocycles. The average Bonchev–Trinajstić information content (AvgIpc) is 2.83. The second-order valence-corrected chi connectivity index (χ2v) is 5.55. The van der Waals surface area contributed by atoms with Crippen molar-refractivity contribution >= 4 is 11.6 Å². The molecule has 0 radical (unpaired) electrons. The Labute approximate surface area is 144 Å². The number of aromatic nitrogens is 2. The van der Waals surface area contributed by atoms with E-state index in [0.717, 1.165) is 0 Å². The van der Waals surface area contributed by atoms with Crippen molar-refractivity contribution in [3.63, 3.8) is 0 Å². The van der Waals surface area contributed by atoms with E-state index >= 15 is 0 Å². The van der Waals surface area contributed by atoms with Crippen LogP contribution in [0.15, 0.2) is 24.3 Å². The fourth-order valence-corrected chi connectivity index (χ4v) is 2.31. The number of amides is 1. The minimum atomic E-state index is -0.501. The molecule has 2 aromatic rings. The van der Waals surface area contributed by atoms with Gasteiger partial charge in [0, 0.05) is 7.05 Å². The van der Waals surface area contributed by atoms with Crippen LogP contribution in [0.2, 0.25) is 0 Å². The normalized spacial score (nSPS) is 10.6. The van der Waals surface area contributed by atoms with E-state index in [4.69, 9.17) is 4.74 Å².